The Morgan fingerprint density at radius 1 is 1.22 bits per heavy atom. The summed E-state index contributed by atoms with van der Waals surface area (Å²) in [6.07, 6.45) is -0.615. The zero-order valence-corrected chi connectivity index (χ0v) is 12.7. The second-order valence-electron chi connectivity index (χ2n) is 4.39. The second kappa shape index (κ2) is 6.11. The van der Waals surface area contributed by atoms with Crippen LogP contribution in [-0.4, -0.2) is 30.0 Å². The highest BCUT2D eigenvalue weighted by molar-refractivity contribution is 6.68. The Morgan fingerprint density at radius 3 is 2.11 bits per heavy atom. The third-order valence-corrected chi connectivity index (χ3v) is 3.15. The first-order valence-corrected chi connectivity index (χ1v) is 6.59. The summed E-state index contributed by atoms with van der Waals surface area (Å²) in [7, 11) is 3.62. The van der Waals surface area contributed by atoms with E-state index < -0.39 is 9.96 Å². The van der Waals surface area contributed by atoms with Crippen molar-refractivity contribution in [3.05, 3.63) is 35.4 Å². The SMILES string of the molecule is Cc1ccc(C(=O)NC([NH+](C)C)C(Cl)(Cl)Cl)cc1. The summed E-state index contributed by atoms with van der Waals surface area (Å²) in [6, 6.07) is 7.21. The van der Waals surface area contributed by atoms with Crippen molar-refractivity contribution in [2.75, 3.05) is 14.1 Å². The van der Waals surface area contributed by atoms with Crippen LogP contribution in [0.5, 0.6) is 0 Å². The largest absolute Gasteiger partial charge is 0.317 e. The Balaban J connectivity index is 2.82. The molecule has 1 atom stereocenters. The summed E-state index contributed by atoms with van der Waals surface area (Å²) in [4.78, 5) is 12.8. The van der Waals surface area contributed by atoms with E-state index in [1.165, 1.54) is 0 Å². The maximum Gasteiger partial charge on any atom is 0.262 e. The molecule has 1 aromatic rings. The maximum absolute atomic E-state index is 12.0. The third-order valence-electron chi connectivity index (χ3n) is 2.49. The highest BCUT2D eigenvalue weighted by Crippen LogP contribution is 2.27. The van der Waals surface area contributed by atoms with Gasteiger partial charge in [-0.1, -0.05) is 52.5 Å². The van der Waals surface area contributed by atoms with Crippen molar-refractivity contribution in [3.63, 3.8) is 0 Å². The van der Waals surface area contributed by atoms with Gasteiger partial charge in [0.05, 0.1) is 14.1 Å². The highest BCUT2D eigenvalue weighted by Gasteiger charge is 2.39. The monoisotopic (exact) mass is 309 g/mol. The Labute approximate surface area is 122 Å². The first kappa shape index (κ1) is 15.6. The molecule has 0 bridgehead atoms. The smallest absolute Gasteiger partial charge is 0.262 e. The molecule has 2 N–H and O–H groups in total. The molecule has 18 heavy (non-hydrogen) atoms. The third kappa shape index (κ3) is 4.32. The fourth-order valence-corrected chi connectivity index (χ4v) is 2.29. The number of quaternary nitrogens is 1. The van der Waals surface area contributed by atoms with E-state index in [-0.39, 0.29) is 5.91 Å². The molecule has 1 rings (SSSR count). The molecule has 0 aliphatic carbocycles. The quantitative estimate of drug-likeness (QED) is 0.645. The second-order valence-corrected chi connectivity index (χ2v) is 6.76. The molecule has 0 saturated carbocycles. The fourth-order valence-electron chi connectivity index (χ4n) is 1.47. The molecule has 0 aromatic heterocycles. The molecule has 0 fully saturated rings. The predicted octanol–water partition coefficient (Wildman–Crippen LogP) is 1.57. The minimum Gasteiger partial charge on any atom is -0.317 e. The number of halogens is 3. The van der Waals surface area contributed by atoms with E-state index in [1.54, 1.807) is 12.1 Å². The van der Waals surface area contributed by atoms with E-state index in [0.29, 0.717) is 5.56 Å². The zero-order valence-electron chi connectivity index (χ0n) is 10.4. The zero-order chi connectivity index (χ0) is 13.9. The van der Waals surface area contributed by atoms with Crippen molar-refractivity contribution in [1.29, 1.82) is 0 Å². The van der Waals surface area contributed by atoms with Gasteiger partial charge in [0.2, 0.25) is 6.17 Å². The number of rotatable bonds is 3. The summed E-state index contributed by atoms with van der Waals surface area (Å²) in [6.45, 7) is 1.95. The molecule has 6 heteroatoms. The summed E-state index contributed by atoms with van der Waals surface area (Å²) < 4.78 is -1.56. The van der Waals surface area contributed by atoms with Crippen LogP contribution in [0.15, 0.2) is 24.3 Å². The van der Waals surface area contributed by atoms with Crippen molar-refractivity contribution in [2.45, 2.75) is 16.9 Å². The van der Waals surface area contributed by atoms with Gasteiger partial charge in [-0.3, -0.25) is 10.1 Å². The lowest BCUT2D eigenvalue weighted by molar-refractivity contribution is -0.887. The molecule has 100 valence electrons. The van der Waals surface area contributed by atoms with Gasteiger partial charge < -0.3 is 4.90 Å². The van der Waals surface area contributed by atoms with Crippen LogP contribution in [0.25, 0.3) is 0 Å². The van der Waals surface area contributed by atoms with Gasteiger partial charge in [-0.25, -0.2) is 0 Å². The molecule has 0 aliphatic heterocycles. The van der Waals surface area contributed by atoms with Crippen LogP contribution in [0.2, 0.25) is 0 Å². The van der Waals surface area contributed by atoms with Crippen LogP contribution >= 0.6 is 34.8 Å². The number of carbonyl (C=O) groups excluding carboxylic acids is 1. The lowest BCUT2D eigenvalue weighted by Crippen LogP contribution is -3.14. The van der Waals surface area contributed by atoms with E-state index in [1.807, 2.05) is 33.2 Å². The predicted molar refractivity (Wildman–Crippen MR) is 75.5 cm³/mol. The number of hydrogen-bond acceptors (Lipinski definition) is 1. The van der Waals surface area contributed by atoms with Crippen molar-refractivity contribution in [3.8, 4) is 0 Å². The lowest BCUT2D eigenvalue weighted by Gasteiger charge is -2.27. The Morgan fingerprint density at radius 2 is 1.72 bits per heavy atom. The van der Waals surface area contributed by atoms with Crippen LogP contribution in [0.4, 0.5) is 0 Å². The number of aryl methyl sites for hydroxylation is 1. The summed E-state index contributed by atoms with van der Waals surface area (Å²) in [5.74, 6) is -0.257. The Hall–Kier alpha value is -0.480. The number of amides is 1. The Bertz CT molecular complexity index is 412. The number of alkyl halides is 3. The van der Waals surface area contributed by atoms with Gasteiger partial charge >= 0.3 is 0 Å². The molecule has 0 radical (unpaired) electrons. The van der Waals surface area contributed by atoms with Gasteiger partial charge in [0.25, 0.3) is 9.70 Å². The first-order chi connectivity index (χ1) is 8.21. The molecule has 0 saturated heterocycles. The summed E-state index contributed by atoms with van der Waals surface area (Å²) in [5.41, 5.74) is 1.63. The average Bonchev–Trinajstić information content (AvgIpc) is 2.24. The van der Waals surface area contributed by atoms with E-state index in [2.05, 4.69) is 5.32 Å². The van der Waals surface area contributed by atoms with E-state index in [9.17, 15) is 4.79 Å². The van der Waals surface area contributed by atoms with Crippen molar-refractivity contribution in [2.24, 2.45) is 0 Å². The number of carbonyl (C=O) groups is 1. The maximum atomic E-state index is 12.0. The van der Waals surface area contributed by atoms with E-state index in [0.717, 1.165) is 10.5 Å². The number of benzene rings is 1. The van der Waals surface area contributed by atoms with Gasteiger partial charge in [-0.05, 0) is 19.1 Å². The van der Waals surface area contributed by atoms with Crippen LogP contribution in [0, 0.1) is 6.92 Å². The standard InChI is InChI=1S/C12H15Cl3N2O/c1-8-4-6-9(7-5-8)10(18)16-11(17(2)3)12(13,14)15/h4-7,11H,1-3H3,(H,16,18)/p+1. The summed E-state index contributed by atoms with van der Waals surface area (Å²) in [5, 5.41) is 2.72. The molecule has 1 unspecified atom stereocenters. The van der Waals surface area contributed by atoms with Crippen molar-refractivity contribution >= 4 is 40.7 Å². The number of hydrogen-bond donors (Lipinski definition) is 2. The summed E-state index contributed by atoms with van der Waals surface area (Å²) >= 11 is 17.5. The molecule has 0 heterocycles. The van der Waals surface area contributed by atoms with Crippen molar-refractivity contribution in [1.82, 2.24) is 5.32 Å². The number of nitrogens with one attached hydrogen (secondary N) is 2. The van der Waals surface area contributed by atoms with Crippen LogP contribution in [-0.2, 0) is 0 Å². The lowest BCUT2D eigenvalue weighted by atomic mass is 10.1. The molecular weight excluding hydrogens is 295 g/mol. The molecule has 1 amide bonds. The molecule has 1 aromatic carbocycles. The fraction of sp³-hybridized carbons (Fsp3) is 0.417. The van der Waals surface area contributed by atoms with Gasteiger partial charge in [0, 0.05) is 5.56 Å². The van der Waals surface area contributed by atoms with Crippen LogP contribution < -0.4 is 10.2 Å². The van der Waals surface area contributed by atoms with E-state index in [4.69, 9.17) is 34.8 Å². The topological polar surface area (TPSA) is 33.5 Å². The van der Waals surface area contributed by atoms with E-state index >= 15 is 0 Å². The molecular formula is C12H16Cl3N2O+. The van der Waals surface area contributed by atoms with Gasteiger partial charge in [0.1, 0.15) is 0 Å². The Kier molecular flexibility index (Phi) is 5.29. The molecule has 0 aliphatic rings. The first-order valence-electron chi connectivity index (χ1n) is 5.46. The minimum absolute atomic E-state index is 0.257. The molecule has 0 spiro atoms. The highest BCUT2D eigenvalue weighted by atomic mass is 35.6. The van der Waals surface area contributed by atoms with Crippen LogP contribution in [0.3, 0.4) is 0 Å². The minimum atomic E-state index is -1.56. The average molecular weight is 311 g/mol. The van der Waals surface area contributed by atoms with Gasteiger partial charge in [-0.2, -0.15) is 0 Å². The normalized spacial score (nSPS) is 13.5. The molecule has 3 nitrogen and oxygen atoms in total. The van der Waals surface area contributed by atoms with Crippen molar-refractivity contribution < 1.29 is 9.69 Å². The van der Waals surface area contributed by atoms with Crippen LogP contribution in [0.1, 0.15) is 15.9 Å². The van der Waals surface area contributed by atoms with Gasteiger partial charge in [-0.15, -0.1) is 0 Å². The van der Waals surface area contributed by atoms with Gasteiger partial charge in [0.15, 0.2) is 0 Å².